The SMILES string of the molecule is CCC(C)N1CCN(C(C)c2ccc(O)cc2)CC1. The van der Waals surface area contributed by atoms with Crippen LogP contribution in [-0.2, 0) is 0 Å². The van der Waals surface area contributed by atoms with E-state index in [0.717, 1.165) is 26.2 Å². The molecule has 1 heterocycles. The number of aromatic hydroxyl groups is 1. The molecule has 0 saturated carbocycles. The summed E-state index contributed by atoms with van der Waals surface area (Å²) in [5.41, 5.74) is 1.29. The van der Waals surface area contributed by atoms with Crippen molar-refractivity contribution in [1.82, 2.24) is 9.80 Å². The van der Waals surface area contributed by atoms with Crippen molar-refractivity contribution in [3.63, 3.8) is 0 Å². The monoisotopic (exact) mass is 262 g/mol. The summed E-state index contributed by atoms with van der Waals surface area (Å²) in [6.07, 6.45) is 1.23. The average Bonchev–Trinajstić information content (AvgIpc) is 2.46. The molecule has 0 bridgehead atoms. The maximum absolute atomic E-state index is 9.35. The van der Waals surface area contributed by atoms with Crippen LogP contribution < -0.4 is 0 Å². The number of nitrogens with zero attached hydrogens (tertiary/aromatic N) is 2. The van der Waals surface area contributed by atoms with Crippen molar-refractivity contribution in [1.29, 1.82) is 0 Å². The Hall–Kier alpha value is -1.06. The van der Waals surface area contributed by atoms with Crippen LogP contribution in [0.1, 0.15) is 38.8 Å². The second kappa shape index (κ2) is 6.40. The molecule has 2 atom stereocenters. The van der Waals surface area contributed by atoms with Gasteiger partial charge in [0.05, 0.1) is 0 Å². The summed E-state index contributed by atoms with van der Waals surface area (Å²) in [5.74, 6) is 0.345. The molecule has 0 spiro atoms. The van der Waals surface area contributed by atoms with Gasteiger partial charge in [0.2, 0.25) is 0 Å². The van der Waals surface area contributed by atoms with Crippen LogP contribution >= 0.6 is 0 Å². The minimum absolute atomic E-state index is 0.345. The maximum Gasteiger partial charge on any atom is 0.115 e. The molecule has 0 aliphatic carbocycles. The van der Waals surface area contributed by atoms with Gasteiger partial charge in [-0.2, -0.15) is 0 Å². The first-order valence-corrected chi connectivity index (χ1v) is 7.39. The van der Waals surface area contributed by atoms with Crippen LogP contribution in [0, 0.1) is 0 Å². The van der Waals surface area contributed by atoms with Gasteiger partial charge in [-0.15, -0.1) is 0 Å². The predicted molar refractivity (Wildman–Crippen MR) is 79.4 cm³/mol. The molecule has 3 heteroatoms. The summed E-state index contributed by atoms with van der Waals surface area (Å²) >= 11 is 0. The van der Waals surface area contributed by atoms with Crippen LogP contribution in [-0.4, -0.2) is 47.1 Å². The first-order chi connectivity index (χ1) is 9.11. The Balaban J connectivity index is 1.92. The summed E-state index contributed by atoms with van der Waals surface area (Å²) in [5, 5.41) is 9.35. The molecule has 3 nitrogen and oxygen atoms in total. The van der Waals surface area contributed by atoms with E-state index in [4.69, 9.17) is 0 Å². The Morgan fingerprint density at radius 3 is 2.05 bits per heavy atom. The van der Waals surface area contributed by atoms with Crippen LogP contribution in [0.2, 0.25) is 0 Å². The number of hydrogen-bond donors (Lipinski definition) is 1. The molecule has 1 N–H and O–H groups in total. The van der Waals surface area contributed by atoms with Crippen LogP contribution in [0.4, 0.5) is 0 Å². The third-order valence-corrected chi connectivity index (χ3v) is 4.49. The molecule has 1 aliphatic rings. The zero-order chi connectivity index (χ0) is 13.8. The van der Waals surface area contributed by atoms with Gasteiger partial charge in [0, 0.05) is 38.3 Å². The molecule has 19 heavy (non-hydrogen) atoms. The fraction of sp³-hybridized carbons (Fsp3) is 0.625. The van der Waals surface area contributed by atoms with Crippen LogP contribution in [0.25, 0.3) is 0 Å². The third-order valence-electron chi connectivity index (χ3n) is 4.49. The van der Waals surface area contributed by atoms with E-state index in [0.29, 0.717) is 17.8 Å². The molecule has 1 aromatic carbocycles. The van der Waals surface area contributed by atoms with Crippen molar-refractivity contribution in [2.75, 3.05) is 26.2 Å². The molecule has 1 aliphatic heterocycles. The number of piperazine rings is 1. The van der Waals surface area contributed by atoms with E-state index >= 15 is 0 Å². The van der Waals surface area contributed by atoms with Gasteiger partial charge in [0.1, 0.15) is 5.75 Å². The number of phenolic OH excluding ortho intramolecular Hbond substituents is 1. The highest BCUT2D eigenvalue weighted by molar-refractivity contribution is 5.27. The summed E-state index contributed by atoms with van der Waals surface area (Å²) in [7, 11) is 0. The minimum Gasteiger partial charge on any atom is -0.508 e. The van der Waals surface area contributed by atoms with Crippen LogP contribution in [0.3, 0.4) is 0 Å². The van der Waals surface area contributed by atoms with E-state index in [2.05, 4.69) is 30.6 Å². The predicted octanol–water partition coefficient (Wildman–Crippen LogP) is 2.87. The van der Waals surface area contributed by atoms with Gasteiger partial charge in [-0.3, -0.25) is 9.80 Å². The molecule has 1 aromatic rings. The molecule has 1 saturated heterocycles. The van der Waals surface area contributed by atoms with Crippen LogP contribution in [0.15, 0.2) is 24.3 Å². The summed E-state index contributed by atoms with van der Waals surface area (Å²) in [6, 6.07) is 8.75. The molecule has 0 aromatic heterocycles. The highest BCUT2D eigenvalue weighted by Crippen LogP contribution is 2.23. The zero-order valence-corrected chi connectivity index (χ0v) is 12.3. The fourth-order valence-corrected chi connectivity index (χ4v) is 2.79. The first kappa shape index (κ1) is 14.4. The molecule has 0 amide bonds. The summed E-state index contributed by atoms with van der Waals surface area (Å²) in [6.45, 7) is 11.4. The van der Waals surface area contributed by atoms with Crippen molar-refractivity contribution in [3.05, 3.63) is 29.8 Å². The van der Waals surface area contributed by atoms with Gasteiger partial charge in [-0.25, -0.2) is 0 Å². The molecule has 2 rings (SSSR count). The van der Waals surface area contributed by atoms with E-state index in [1.807, 2.05) is 12.1 Å². The number of benzene rings is 1. The van der Waals surface area contributed by atoms with E-state index < -0.39 is 0 Å². The average molecular weight is 262 g/mol. The maximum atomic E-state index is 9.35. The van der Waals surface area contributed by atoms with Gasteiger partial charge >= 0.3 is 0 Å². The Morgan fingerprint density at radius 2 is 1.53 bits per heavy atom. The Bertz CT molecular complexity index is 382. The number of phenols is 1. The Kier molecular flexibility index (Phi) is 4.83. The molecule has 0 radical (unpaired) electrons. The lowest BCUT2D eigenvalue weighted by Crippen LogP contribution is -2.49. The Labute approximate surface area is 116 Å². The highest BCUT2D eigenvalue weighted by Gasteiger charge is 2.23. The second-order valence-electron chi connectivity index (χ2n) is 5.60. The zero-order valence-electron chi connectivity index (χ0n) is 12.3. The molecular formula is C16H26N2O. The Morgan fingerprint density at radius 1 is 1.00 bits per heavy atom. The normalized spacial score (nSPS) is 21.2. The summed E-state index contributed by atoms with van der Waals surface area (Å²) < 4.78 is 0. The first-order valence-electron chi connectivity index (χ1n) is 7.39. The van der Waals surface area contributed by atoms with Gasteiger partial charge in [0.15, 0.2) is 0 Å². The van der Waals surface area contributed by atoms with Gasteiger partial charge in [0.25, 0.3) is 0 Å². The third kappa shape index (κ3) is 3.48. The quantitative estimate of drug-likeness (QED) is 0.904. The lowest BCUT2D eigenvalue weighted by Gasteiger charge is -2.40. The summed E-state index contributed by atoms with van der Waals surface area (Å²) in [4.78, 5) is 5.12. The van der Waals surface area contributed by atoms with Crippen LogP contribution in [0.5, 0.6) is 5.75 Å². The second-order valence-corrected chi connectivity index (χ2v) is 5.60. The van der Waals surface area contributed by atoms with E-state index in [1.165, 1.54) is 12.0 Å². The van der Waals surface area contributed by atoms with Crippen molar-refractivity contribution >= 4 is 0 Å². The van der Waals surface area contributed by atoms with Crippen molar-refractivity contribution in [3.8, 4) is 5.75 Å². The van der Waals surface area contributed by atoms with Crippen molar-refractivity contribution < 1.29 is 5.11 Å². The lowest BCUT2D eigenvalue weighted by molar-refractivity contribution is 0.0772. The fourth-order valence-electron chi connectivity index (χ4n) is 2.79. The lowest BCUT2D eigenvalue weighted by atomic mass is 10.1. The van der Waals surface area contributed by atoms with Crippen molar-refractivity contribution in [2.24, 2.45) is 0 Å². The van der Waals surface area contributed by atoms with E-state index in [-0.39, 0.29) is 0 Å². The molecule has 2 unspecified atom stereocenters. The number of hydrogen-bond acceptors (Lipinski definition) is 3. The standard InChI is InChI=1S/C16H26N2O/c1-4-13(2)17-9-11-18(12-10-17)14(3)15-5-7-16(19)8-6-15/h5-8,13-14,19H,4,9-12H2,1-3H3. The van der Waals surface area contributed by atoms with E-state index in [9.17, 15) is 5.11 Å². The topological polar surface area (TPSA) is 26.7 Å². The largest absolute Gasteiger partial charge is 0.508 e. The molecule has 1 fully saturated rings. The number of rotatable bonds is 4. The van der Waals surface area contributed by atoms with Crippen molar-refractivity contribution in [2.45, 2.75) is 39.3 Å². The molecule has 106 valence electrons. The molecular weight excluding hydrogens is 236 g/mol. The van der Waals surface area contributed by atoms with Gasteiger partial charge in [-0.1, -0.05) is 19.1 Å². The van der Waals surface area contributed by atoms with Gasteiger partial charge < -0.3 is 5.11 Å². The highest BCUT2D eigenvalue weighted by atomic mass is 16.3. The van der Waals surface area contributed by atoms with Gasteiger partial charge in [-0.05, 0) is 38.0 Å². The smallest absolute Gasteiger partial charge is 0.115 e. The minimum atomic E-state index is 0.345. The van der Waals surface area contributed by atoms with E-state index in [1.54, 1.807) is 12.1 Å².